The predicted molar refractivity (Wildman–Crippen MR) is 84.7 cm³/mol. The van der Waals surface area contributed by atoms with E-state index in [1.807, 2.05) is 18.2 Å². The summed E-state index contributed by atoms with van der Waals surface area (Å²) in [5.74, 6) is 0.881. The van der Waals surface area contributed by atoms with Crippen molar-refractivity contribution in [3.63, 3.8) is 0 Å². The van der Waals surface area contributed by atoms with Gasteiger partial charge in [0.2, 0.25) is 0 Å². The van der Waals surface area contributed by atoms with Gasteiger partial charge in [-0.1, -0.05) is 31.4 Å². The number of hydrogen-bond acceptors (Lipinski definition) is 3. The Morgan fingerprint density at radius 2 is 1.81 bits per heavy atom. The third kappa shape index (κ3) is 3.18. The standard InChI is InChI=1S/C18H27NO2/c1-21-16-7-5-6-15(17(16)20)14-19-12-10-18(11-13-19)8-3-2-4-9-18/h5-7,20H,2-4,8-14H2,1H3. The molecule has 21 heavy (non-hydrogen) atoms. The Balaban J connectivity index is 1.60. The summed E-state index contributed by atoms with van der Waals surface area (Å²) in [7, 11) is 1.60. The highest BCUT2D eigenvalue weighted by atomic mass is 16.5. The number of likely N-dealkylation sites (tertiary alicyclic amines) is 1. The minimum atomic E-state index is 0.304. The van der Waals surface area contributed by atoms with E-state index >= 15 is 0 Å². The highest BCUT2D eigenvalue weighted by Gasteiger charge is 2.35. The number of para-hydroxylation sites is 1. The molecule has 2 aliphatic rings. The smallest absolute Gasteiger partial charge is 0.162 e. The molecule has 1 aromatic rings. The van der Waals surface area contributed by atoms with Crippen LogP contribution in [0.5, 0.6) is 11.5 Å². The SMILES string of the molecule is COc1cccc(CN2CCC3(CCCCC3)CC2)c1O. The lowest BCUT2D eigenvalue weighted by atomic mass is 9.68. The number of nitrogens with zero attached hydrogens (tertiary/aromatic N) is 1. The molecule has 0 unspecified atom stereocenters. The molecule has 3 nitrogen and oxygen atoms in total. The van der Waals surface area contributed by atoms with Gasteiger partial charge < -0.3 is 9.84 Å². The van der Waals surface area contributed by atoms with Crippen molar-refractivity contribution in [1.82, 2.24) is 4.90 Å². The van der Waals surface area contributed by atoms with Crippen LogP contribution >= 0.6 is 0 Å². The Bertz CT molecular complexity index is 470. The van der Waals surface area contributed by atoms with Crippen LogP contribution in [0.4, 0.5) is 0 Å². The molecule has 1 saturated heterocycles. The van der Waals surface area contributed by atoms with Crippen molar-refractivity contribution < 1.29 is 9.84 Å². The third-order valence-electron chi connectivity index (χ3n) is 5.53. The van der Waals surface area contributed by atoms with Crippen LogP contribution in [0.3, 0.4) is 0 Å². The average Bonchev–Trinajstić information content (AvgIpc) is 2.53. The van der Waals surface area contributed by atoms with Gasteiger partial charge in [-0.15, -0.1) is 0 Å². The zero-order valence-corrected chi connectivity index (χ0v) is 13.1. The predicted octanol–water partition coefficient (Wildman–Crippen LogP) is 3.95. The molecule has 0 bridgehead atoms. The summed E-state index contributed by atoms with van der Waals surface area (Å²) in [6.45, 7) is 3.16. The molecule has 1 heterocycles. The number of aromatic hydroxyl groups is 1. The maximum Gasteiger partial charge on any atom is 0.162 e. The quantitative estimate of drug-likeness (QED) is 0.914. The molecule has 3 rings (SSSR count). The number of rotatable bonds is 3. The molecule has 2 fully saturated rings. The van der Waals surface area contributed by atoms with Crippen molar-refractivity contribution in [2.75, 3.05) is 20.2 Å². The van der Waals surface area contributed by atoms with Crippen LogP contribution in [0.15, 0.2) is 18.2 Å². The molecular formula is C18H27NO2. The third-order valence-corrected chi connectivity index (χ3v) is 5.53. The van der Waals surface area contributed by atoms with Crippen LogP contribution in [0.2, 0.25) is 0 Å². The van der Waals surface area contributed by atoms with Gasteiger partial charge in [0.25, 0.3) is 0 Å². The summed E-state index contributed by atoms with van der Waals surface area (Å²) in [6, 6.07) is 5.77. The summed E-state index contributed by atoms with van der Waals surface area (Å²) in [4.78, 5) is 2.48. The summed E-state index contributed by atoms with van der Waals surface area (Å²) in [6.07, 6.45) is 9.82. The molecule has 1 aliphatic heterocycles. The van der Waals surface area contributed by atoms with Crippen LogP contribution in [0.1, 0.15) is 50.5 Å². The fourth-order valence-electron chi connectivity index (χ4n) is 4.09. The van der Waals surface area contributed by atoms with E-state index in [-0.39, 0.29) is 0 Å². The lowest BCUT2D eigenvalue weighted by molar-refractivity contribution is 0.0637. The second-order valence-corrected chi connectivity index (χ2v) is 6.80. The number of benzene rings is 1. The molecule has 0 aromatic heterocycles. The molecule has 0 amide bonds. The molecule has 1 spiro atoms. The Morgan fingerprint density at radius 1 is 1.10 bits per heavy atom. The summed E-state index contributed by atoms with van der Waals surface area (Å²) < 4.78 is 5.20. The van der Waals surface area contributed by atoms with E-state index in [0.717, 1.165) is 25.2 Å². The molecule has 3 heteroatoms. The maximum atomic E-state index is 10.2. The van der Waals surface area contributed by atoms with Crippen molar-refractivity contribution in [1.29, 1.82) is 0 Å². The molecule has 1 aliphatic carbocycles. The van der Waals surface area contributed by atoms with E-state index in [2.05, 4.69) is 4.90 Å². The molecular weight excluding hydrogens is 262 g/mol. The van der Waals surface area contributed by atoms with Crippen LogP contribution in [-0.2, 0) is 6.54 Å². The number of methoxy groups -OCH3 is 1. The topological polar surface area (TPSA) is 32.7 Å². The van der Waals surface area contributed by atoms with E-state index < -0.39 is 0 Å². The first-order valence-corrected chi connectivity index (χ1v) is 8.30. The van der Waals surface area contributed by atoms with E-state index in [1.165, 1.54) is 44.9 Å². The Morgan fingerprint density at radius 3 is 2.48 bits per heavy atom. The maximum absolute atomic E-state index is 10.2. The van der Waals surface area contributed by atoms with Gasteiger partial charge in [0.1, 0.15) is 0 Å². The van der Waals surface area contributed by atoms with Crippen LogP contribution in [0.25, 0.3) is 0 Å². The lowest BCUT2D eigenvalue weighted by Gasteiger charge is -2.44. The van der Waals surface area contributed by atoms with Gasteiger partial charge in [0.15, 0.2) is 11.5 Å². The van der Waals surface area contributed by atoms with Gasteiger partial charge >= 0.3 is 0 Å². The zero-order chi connectivity index (χ0) is 14.7. The van der Waals surface area contributed by atoms with Crippen molar-refractivity contribution in [3.05, 3.63) is 23.8 Å². The molecule has 1 N–H and O–H groups in total. The fourth-order valence-corrected chi connectivity index (χ4v) is 4.09. The van der Waals surface area contributed by atoms with Crippen LogP contribution in [0, 0.1) is 5.41 Å². The van der Waals surface area contributed by atoms with E-state index in [4.69, 9.17) is 4.74 Å². The minimum absolute atomic E-state index is 0.304. The minimum Gasteiger partial charge on any atom is -0.504 e. The van der Waals surface area contributed by atoms with Gasteiger partial charge in [-0.3, -0.25) is 4.90 Å². The highest BCUT2D eigenvalue weighted by Crippen LogP contribution is 2.44. The lowest BCUT2D eigenvalue weighted by Crippen LogP contribution is -2.40. The normalized spacial score (nSPS) is 22.3. The van der Waals surface area contributed by atoms with Gasteiger partial charge in [-0.25, -0.2) is 0 Å². The van der Waals surface area contributed by atoms with Crippen LogP contribution < -0.4 is 4.74 Å². The molecule has 116 valence electrons. The molecule has 1 aromatic carbocycles. The first-order valence-electron chi connectivity index (χ1n) is 8.30. The number of phenolic OH excluding ortho intramolecular Hbond substituents is 1. The largest absolute Gasteiger partial charge is 0.504 e. The summed E-state index contributed by atoms with van der Waals surface area (Å²) >= 11 is 0. The number of piperidine rings is 1. The van der Waals surface area contributed by atoms with Crippen molar-refractivity contribution in [2.24, 2.45) is 5.41 Å². The Kier molecular flexibility index (Phi) is 4.39. The Hall–Kier alpha value is -1.22. The average molecular weight is 289 g/mol. The molecule has 1 saturated carbocycles. The number of phenols is 1. The highest BCUT2D eigenvalue weighted by molar-refractivity contribution is 5.45. The summed E-state index contributed by atoms with van der Waals surface area (Å²) in [5, 5.41) is 10.2. The van der Waals surface area contributed by atoms with Crippen LogP contribution in [-0.4, -0.2) is 30.2 Å². The first kappa shape index (κ1) is 14.7. The molecule has 0 atom stereocenters. The first-order chi connectivity index (χ1) is 10.2. The zero-order valence-electron chi connectivity index (χ0n) is 13.1. The monoisotopic (exact) mass is 289 g/mol. The second kappa shape index (κ2) is 6.27. The van der Waals surface area contributed by atoms with Crippen molar-refractivity contribution in [2.45, 2.75) is 51.5 Å². The molecule has 0 radical (unpaired) electrons. The number of ether oxygens (including phenoxy) is 1. The second-order valence-electron chi connectivity index (χ2n) is 6.80. The van der Waals surface area contributed by atoms with Gasteiger partial charge in [0.05, 0.1) is 7.11 Å². The van der Waals surface area contributed by atoms with Crippen molar-refractivity contribution in [3.8, 4) is 11.5 Å². The van der Waals surface area contributed by atoms with Gasteiger partial charge in [0, 0.05) is 12.1 Å². The van der Waals surface area contributed by atoms with E-state index in [9.17, 15) is 5.11 Å². The van der Waals surface area contributed by atoms with Gasteiger partial charge in [-0.05, 0) is 50.3 Å². The van der Waals surface area contributed by atoms with E-state index in [0.29, 0.717) is 16.9 Å². The van der Waals surface area contributed by atoms with Crippen molar-refractivity contribution >= 4 is 0 Å². The van der Waals surface area contributed by atoms with E-state index in [1.54, 1.807) is 7.11 Å². The fraction of sp³-hybridized carbons (Fsp3) is 0.667. The summed E-state index contributed by atoms with van der Waals surface area (Å²) in [5.41, 5.74) is 1.62. The number of hydrogen-bond donors (Lipinski definition) is 1. The Labute approximate surface area is 127 Å². The van der Waals surface area contributed by atoms with Gasteiger partial charge in [-0.2, -0.15) is 0 Å².